The number of hydrogen-bond donors (Lipinski definition) is 1. The highest BCUT2D eigenvalue weighted by Gasteiger charge is 2.22. The molecule has 1 aliphatic carbocycles. The lowest BCUT2D eigenvalue weighted by atomic mass is 9.77. The van der Waals surface area contributed by atoms with Gasteiger partial charge in [-0.25, -0.2) is 0 Å². The van der Waals surface area contributed by atoms with Gasteiger partial charge in [-0.2, -0.15) is 0 Å². The van der Waals surface area contributed by atoms with Gasteiger partial charge < -0.3 is 5.32 Å². The largest absolute Gasteiger partial charge is 0.315 e. The Morgan fingerprint density at radius 3 is 2.84 bits per heavy atom. The molecule has 1 aliphatic rings. The fourth-order valence-corrected chi connectivity index (χ4v) is 3.72. The Morgan fingerprint density at radius 1 is 1.26 bits per heavy atom. The van der Waals surface area contributed by atoms with Gasteiger partial charge in [0.25, 0.3) is 0 Å². The first-order chi connectivity index (χ1) is 9.20. The minimum absolute atomic E-state index is 0.652. The molecule has 0 spiro atoms. The predicted octanol–water partition coefficient (Wildman–Crippen LogP) is 4.52. The smallest absolute Gasteiger partial charge is 0.00411 e. The highest BCUT2D eigenvalue weighted by Crippen LogP contribution is 2.36. The molecule has 106 valence electrons. The summed E-state index contributed by atoms with van der Waals surface area (Å²) in [5, 5.41) is 3.53. The Hall–Kier alpha value is -0.820. The molecular formula is C18H29N. The van der Waals surface area contributed by atoms with E-state index in [0.29, 0.717) is 6.04 Å². The van der Waals surface area contributed by atoms with Gasteiger partial charge in [-0.3, -0.25) is 0 Å². The zero-order valence-corrected chi connectivity index (χ0v) is 12.8. The summed E-state index contributed by atoms with van der Waals surface area (Å²) in [6.45, 7) is 8.01. The molecule has 0 saturated carbocycles. The van der Waals surface area contributed by atoms with Gasteiger partial charge in [0.2, 0.25) is 0 Å². The Labute approximate surface area is 118 Å². The minimum atomic E-state index is 0.652. The lowest BCUT2D eigenvalue weighted by molar-refractivity contribution is 0.364. The molecule has 2 rings (SSSR count). The summed E-state index contributed by atoms with van der Waals surface area (Å²) in [6, 6.07) is 9.74. The van der Waals surface area contributed by atoms with Crippen LogP contribution in [0.25, 0.3) is 0 Å². The van der Waals surface area contributed by atoms with Gasteiger partial charge in [-0.15, -0.1) is 0 Å². The molecule has 0 fully saturated rings. The zero-order valence-electron chi connectivity index (χ0n) is 12.8. The van der Waals surface area contributed by atoms with E-state index in [1.54, 1.807) is 11.1 Å². The van der Waals surface area contributed by atoms with Crippen LogP contribution < -0.4 is 5.32 Å². The standard InChI is InChI=1S/C18H29N/c1-4-19-15(3)12-14(2)13-17-10-7-9-16-8-5-6-11-18(16)17/h5-6,8,11,14-15,17,19H,4,7,9-10,12-13H2,1-3H3. The molecule has 1 aromatic carbocycles. The molecule has 1 aromatic rings. The molecule has 3 atom stereocenters. The van der Waals surface area contributed by atoms with Crippen molar-refractivity contribution in [3.63, 3.8) is 0 Å². The minimum Gasteiger partial charge on any atom is -0.315 e. The van der Waals surface area contributed by atoms with Crippen LogP contribution in [-0.2, 0) is 6.42 Å². The number of aryl methyl sites for hydroxylation is 1. The number of benzene rings is 1. The van der Waals surface area contributed by atoms with Gasteiger partial charge in [-0.05, 0) is 68.5 Å². The zero-order chi connectivity index (χ0) is 13.7. The van der Waals surface area contributed by atoms with Crippen molar-refractivity contribution in [1.82, 2.24) is 5.32 Å². The molecule has 0 saturated heterocycles. The fraction of sp³-hybridized carbons (Fsp3) is 0.667. The molecular weight excluding hydrogens is 230 g/mol. The van der Waals surface area contributed by atoms with E-state index in [4.69, 9.17) is 0 Å². The highest BCUT2D eigenvalue weighted by molar-refractivity contribution is 5.32. The van der Waals surface area contributed by atoms with Crippen LogP contribution in [0.15, 0.2) is 24.3 Å². The fourth-order valence-electron chi connectivity index (χ4n) is 3.72. The SMILES string of the molecule is CCNC(C)CC(C)CC1CCCc2ccccc21. The molecule has 0 amide bonds. The van der Waals surface area contributed by atoms with Crippen molar-refractivity contribution in [1.29, 1.82) is 0 Å². The molecule has 3 unspecified atom stereocenters. The van der Waals surface area contributed by atoms with Crippen LogP contribution in [0.2, 0.25) is 0 Å². The van der Waals surface area contributed by atoms with Gasteiger partial charge in [0.05, 0.1) is 0 Å². The van der Waals surface area contributed by atoms with Gasteiger partial charge in [0, 0.05) is 6.04 Å². The van der Waals surface area contributed by atoms with E-state index >= 15 is 0 Å². The van der Waals surface area contributed by atoms with Crippen molar-refractivity contribution in [2.45, 2.75) is 64.8 Å². The highest BCUT2D eigenvalue weighted by atomic mass is 14.9. The average Bonchev–Trinajstić information content (AvgIpc) is 2.39. The van der Waals surface area contributed by atoms with E-state index in [1.807, 2.05) is 0 Å². The van der Waals surface area contributed by atoms with Crippen molar-refractivity contribution >= 4 is 0 Å². The number of rotatable bonds is 6. The van der Waals surface area contributed by atoms with Crippen molar-refractivity contribution in [3.8, 4) is 0 Å². The van der Waals surface area contributed by atoms with E-state index in [-0.39, 0.29) is 0 Å². The van der Waals surface area contributed by atoms with E-state index in [2.05, 4.69) is 50.4 Å². The molecule has 1 N–H and O–H groups in total. The maximum absolute atomic E-state index is 3.53. The molecule has 0 heterocycles. The quantitative estimate of drug-likeness (QED) is 0.792. The first-order valence-electron chi connectivity index (χ1n) is 8.01. The third-order valence-electron chi connectivity index (χ3n) is 4.49. The number of hydrogen-bond acceptors (Lipinski definition) is 1. The molecule has 0 aromatic heterocycles. The van der Waals surface area contributed by atoms with Gasteiger partial charge in [0.1, 0.15) is 0 Å². The summed E-state index contributed by atoms with van der Waals surface area (Å²) in [5.74, 6) is 1.61. The first-order valence-corrected chi connectivity index (χ1v) is 8.01. The molecule has 0 radical (unpaired) electrons. The molecule has 19 heavy (non-hydrogen) atoms. The number of fused-ring (bicyclic) bond motifs is 1. The maximum Gasteiger partial charge on any atom is 0.00411 e. The third kappa shape index (κ3) is 4.07. The van der Waals surface area contributed by atoms with E-state index in [9.17, 15) is 0 Å². The Kier molecular flexibility index (Phi) is 5.45. The van der Waals surface area contributed by atoms with E-state index in [1.165, 1.54) is 32.1 Å². The van der Waals surface area contributed by atoms with Crippen molar-refractivity contribution in [3.05, 3.63) is 35.4 Å². The Balaban J connectivity index is 1.93. The second-order valence-electron chi connectivity index (χ2n) is 6.32. The lowest BCUT2D eigenvalue weighted by Gasteiger charge is -2.28. The summed E-state index contributed by atoms with van der Waals surface area (Å²) >= 11 is 0. The van der Waals surface area contributed by atoms with Crippen molar-refractivity contribution < 1.29 is 0 Å². The van der Waals surface area contributed by atoms with Crippen molar-refractivity contribution in [2.75, 3.05) is 6.54 Å². The van der Waals surface area contributed by atoms with Crippen LogP contribution in [0.1, 0.15) is 63.5 Å². The van der Waals surface area contributed by atoms with Crippen LogP contribution >= 0.6 is 0 Å². The van der Waals surface area contributed by atoms with Crippen LogP contribution in [0, 0.1) is 5.92 Å². The van der Waals surface area contributed by atoms with Crippen LogP contribution in [0.5, 0.6) is 0 Å². The second kappa shape index (κ2) is 7.09. The summed E-state index contributed by atoms with van der Waals surface area (Å²) in [6.07, 6.45) is 6.70. The van der Waals surface area contributed by atoms with Crippen molar-refractivity contribution in [2.24, 2.45) is 5.92 Å². The summed E-state index contributed by atoms with van der Waals surface area (Å²) in [7, 11) is 0. The number of nitrogens with one attached hydrogen (secondary N) is 1. The summed E-state index contributed by atoms with van der Waals surface area (Å²) in [5.41, 5.74) is 3.24. The summed E-state index contributed by atoms with van der Waals surface area (Å²) < 4.78 is 0. The topological polar surface area (TPSA) is 12.0 Å². The molecule has 1 nitrogen and oxygen atoms in total. The molecule has 1 heteroatoms. The normalized spacial score (nSPS) is 21.7. The lowest BCUT2D eigenvalue weighted by Crippen LogP contribution is -2.28. The van der Waals surface area contributed by atoms with Gasteiger partial charge in [0.15, 0.2) is 0 Å². The second-order valence-corrected chi connectivity index (χ2v) is 6.32. The molecule has 0 bridgehead atoms. The first kappa shape index (κ1) is 14.6. The van der Waals surface area contributed by atoms with Gasteiger partial charge >= 0.3 is 0 Å². The van der Waals surface area contributed by atoms with Crippen LogP contribution in [-0.4, -0.2) is 12.6 Å². The van der Waals surface area contributed by atoms with Crippen LogP contribution in [0.3, 0.4) is 0 Å². The average molecular weight is 259 g/mol. The van der Waals surface area contributed by atoms with Gasteiger partial charge in [-0.1, -0.05) is 38.1 Å². The monoisotopic (exact) mass is 259 g/mol. The Morgan fingerprint density at radius 2 is 2.05 bits per heavy atom. The summed E-state index contributed by atoms with van der Waals surface area (Å²) in [4.78, 5) is 0. The molecule has 0 aliphatic heterocycles. The third-order valence-corrected chi connectivity index (χ3v) is 4.49. The predicted molar refractivity (Wildman–Crippen MR) is 83.7 cm³/mol. The van der Waals surface area contributed by atoms with E-state index < -0.39 is 0 Å². The maximum atomic E-state index is 3.53. The Bertz CT molecular complexity index is 385. The van der Waals surface area contributed by atoms with Crippen LogP contribution in [0.4, 0.5) is 0 Å². The van der Waals surface area contributed by atoms with E-state index in [0.717, 1.165) is 18.4 Å².